The largest absolute Gasteiger partial charge is 0.493 e. The maximum atomic E-state index is 15.1. The summed E-state index contributed by atoms with van der Waals surface area (Å²) in [5.74, 6) is -0.407. The zero-order chi connectivity index (χ0) is 26.9. The average Bonchev–Trinajstić information content (AvgIpc) is 2.87. The lowest BCUT2D eigenvalue weighted by Crippen LogP contribution is -2.54. The van der Waals surface area contributed by atoms with Crippen molar-refractivity contribution in [2.24, 2.45) is 0 Å². The highest BCUT2D eigenvalue weighted by Crippen LogP contribution is 2.38. The Morgan fingerprint density at radius 2 is 1.84 bits per heavy atom. The van der Waals surface area contributed by atoms with Crippen molar-refractivity contribution in [3.05, 3.63) is 47.3 Å². The van der Waals surface area contributed by atoms with Crippen molar-refractivity contribution in [2.75, 3.05) is 44.5 Å². The third-order valence-electron chi connectivity index (χ3n) is 6.44. The first kappa shape index (κ1) is 26.2. The summed E-state index contributed by atoms with van der Waals surface area (Å²) in [5.41, 5.74) is 6.07. The van der Waals surface area contributed by atoms with Crippen LogP contribution in [0, 0.1) is 5.82 Å². The first-order valence-corrected chi connectivity index (χ1v) is 11.6. The highest BCUT2D eigenvalue weighted by atomic mass is 19.4. The molecule has 1 unspecified atom stereocenters. The third kappa shape index (κ3) is 5.32. The fourth-order valence-corrected chi connectivity index (χ4v) is 4.42. The van der Waals surface area contributed by atoms with Crippen molar-refractivity contribution >= 4 is 28.6 Å². The van der Waals surface area contributed by atoms with Gasteiger partial charge in [-0.25, -0.2) is 9.37 Å². The molecule has 12 heteroatoms. The predicted molar refractivity (Wildman–Crippen MR) is 130 cm³/mol. The molecule has 2 aromatic carbocycles. The molecule has 37 heavy (non-hydrogen) atoms. The number of nitrogens with two attached hydrogens (primary N) is 1. The van der Waals surface area contributed by atoms with Crippen LogP contribution in [-0.4, -0.2) is 60.7 Å². The van der Waals surface area contributed by atoms with E-state index in [9.17, 15) is 18.0 Å². The fourth-order valence-electron chi connectivity index (χ4n) is 4.42. The molecule has 198 valence electrons. The summed E-state index contributed by atoms with van der Waals surface area (Å²) in [6, 6.07) is 6.15. The zero-order valence-electron chi connectivity index (χ0n) is 20.6. The van der Waals surface area contributed by atoms with Gasteiger partial charge in [0.1, 0.15) is 11.3 Å². The second-order valence-corrected chi connectivity index (χ2v) is 8.81. The van der Waals surface area contributed by atoms with Gasteiger partial charge in [-0.3, -0.25) is 4.79 Å². The number of benzene rings is 2. The summed E-state index contributed by atoms with van der Waals surface area (Å²) < 4.78 is 63.7. The van der Waals surface area contributed by atoms with E-state index >= 15 is 4.39 Å². The Morgan fingerprint density at radius 1 is 1.14 bits per heavy atom. The Bertz CT molecular complexity index is 1300. The number of methoxy groups -OCH3 is 2. The molecule has 4 rings (SSSR count). The molecular formula is C25H27F4N5O3. The van der Waals surface area contributed by atoms with Gasteiger partial charge in [0, 0.05) is 37.5 Å². The molecule has 1 saturated heterocycles. The second kappa shape index (κ2) is 10.3. The molecule has 0 aliphatic carbocycles. The smallest absolute Gasteiger partial charge is 0.416 e. The van der Waals surface area contributed by atoms with Gasteiger partial charge in [-0.05, 0) is 37.1 Å². The normalized spacial score (nSPS) is 16.2. The van der Waals surface area contributed by atoms with Crippen LogP contribution in [0.4, 0.5) is 29.3 Å². The number of piperazine rings is 1. The lowest BCUT2D eigenvalue weighted by atomic mass is 10.1. The lowest BCUT2D eigenvalue weighted by molar-refractivity contribution is -0.137. The van der Waals surface area contributed by atoms with Crippen LogP contribution in [0.1, 0.15) is 24.5 Å². The average molecular weight is 522 g/mol. The molecule has 1 fully saturated rings. The number of amides is 1. The molecule has 1 amide bonds. The van der Waals surface area contributed by atoms with Crippen LogP contribution >= 0.6 is 0 Å². The van der Waals surface area contributed by atoms with Gasteiger partial charge in [-0.15, -0.1) is 0 Å². The van der Waals surface area contributed by atoms with Gasteiger partial charge < -0.3 is 25.0 Å². The number of aromatic nitrogens is 2. The van der Waals surface area contributed by atoms with E-state index in [4.69, 9.17) is 15.2 Å². The van der Waals surface area contributed by atoms with Crippen LogP contribution in [0.25, 0.3) is 10.9 Å². The first-order chi connectivity index (χ1) is 17.5. The number of ether oxygens (including phenoxy) is 2. The minimum Gasteiger partial charge on any atom is -0.493 e. The molecule has 0 saturated carbocycles. The Balaban J connectivity index is 1.44. The molecule has 1 aliphatic rings. The third-order valence-corrected chi connectivity index (χ3v) is 6.44. The number of anilines is 2. The minimum absolute atomic E-state index is 0.00222. The maximum absolute atomic E-state index is 15.1. The molecule has 1 aromatic heterocycles. The number of carbonyl (C=O) groups excluding carboxylic acids is 1. The molecule has 8 nitrogen and oxygen atoms in total. The number of hydrogen-bond donors (Lipinski definition) is 1. The first-order valence-electron chi connectivity index (χ1n) is 11.6. The van der Waals surface area contributed by atoms with E-state index in [1.54, 1.807) is 4.90 Å². The number of rotatable bonds is 6. The number of hydrogen-bond acceptors (Lipinski definition) is 7. The Morgan fingerprint density at radius 3 is 2.43 bits per heavy atom. The summed E-state index contributed by atoms with van der Waals surface area (Å²) in [7, 11) is 2.72. The zero-order valence-corrected chi connectivity index (χ0v) is 20.6. The van der Waals surface area contributed by atoms with Gasteiger partial charge in [-0.2, -0.15) is 18.2 Å². The Labute approximate surface area is 211 Å². The predicted octanol–water partition coefficient (Wildman–Crippen LogP) is 4.06. The second-order valence-electron chi connectivity index (χ2n) is 8.81. The molecule has 3 aromatic rings. The van der Waals surface area contributed by atoms with Crippen molar-refractivity contribution in [1.82, 2.24) is 14.9 Å². The van der Waals surface area contributed by atoms with Gasteiger partial charge in [0.15, 0.2) is 17.3 Å². The molecule has 0 radical (unpaired) electrons. The highest BCUT2D eigenvalue weighted by molar-refractivity contribution is 5.92. The number of carbonyl (C=O) groups is 1. The van der Waals surface area contributed by atoms with E-state index in [0.29, 0.717) is 37.0 Å². The van der Waals surface area contributed by atoms with Crippen molar-refractivity contribution in [2.45, 2.75) is 32.0 Å². The molecule has 0 bridgehead atoms. The Hall–Kier alpha value is -3.83. The number of fused-ring (bicyclic) bond motifs is 1. The number of nitrogens with zero attached hydrogens (tertiary/aromatic N) is 4. The van der Waals surface area contributed by atoms with Crippen LogP contribution in [0.3, 0.4) is 0 Å². The van der Waals surface area contributed by atoms with Gasteiger partial charge in [-0.1, -0.05) is 12.1 Å². The molecule has 2 N–H and O–H groups in total. The molecule has 1 aliphatic heterocycles. The van der Waals surface area contributed by atoms with E-state index < -0.39 is 17.6 Å². The molecule has 0 spiro atoms. The van der Waals surface area contributed by atoms with Crippen LogP contribution in [0.5, 0.6) is 11.5 Å². The standard InChI is InChI=1S/C25H27F4N5O3/c1-14-13-33(19(35)9-6-15-4-7-16(8-5-15)25(27,28)29)10-11-34(14)24-31-21-17(23(30)32-24)12-18(36-2)22(37-3)20(21)26/h4-5,7-8,12,14H,6,9-11,13H2,1-3H3,(H2,30,31,32). The van der Waals surface area contributed by atoms with E-state index in [1.165, 1.54) is 32.4 Å². The molecule has 1 atom stereocenters. The number of halogens is 4. The number of aryl methyl sites for hydroxylation is 1. The highest BCUT2D eigenvalue weighted by Gasteiger charge is 2.31. The molecule has 2 heterocycles. The number of alkyl halides is 3. The quantitative estimate of drug-likeness (QED) is 0.489. The fraction of sp³-hybridized carbons (Fsp3) is 0.400. The van der Waals surface area contributed by atoms with Gasteiger partial charge in [0.2, 0.25) is 11.9 Å². The summed E-state index contributed by atoms with van der Waals surface area (Å²) in [6.45, 7) is 3.05. The number of nitrogen functional groups attached to an aromatic ring is 1. The van der Waals surface area contributed by atoms with Crippen LogP contribution in [-0.2, 0) is 17.4 Å². The van der Waals surface area contributed by atoms with Crippen LogP contribution in [0.15, 0.2) is 30.3 Å². The summed E-state index contributed by atoms with van der Waals surface area (Å²) >= 11 is 0. The van der Waals surface area contributed by atoms with E-state index in [2.05, 4.69) is 9.97 Å². The monoisotopic (exact) mass is 521 g/mol. The topological polar surface area (TPSA) is 93.8 Å². The van der Waals surface area contributed by atoms with E-state index in [-0.39, 0.29) is 47.2 Å². The summed E-state index contributed by atoms with van der Waals surface area (Å²) in [5, 5.41) is 0.295. The van der Waals surface area contributed by atoms with Crippen LogP contribution < -0.4 is 20.1 Å². The Kier molecular flexibility index (Phi) is 7.28. The summed E-state index contributed by atoms with van der Waals surface area (Å²) in [4.78, 5) is 25.1. The minimum atomic E-state index is -4.39. The SMILES string of the molecule is COc1cc2c(N)nc(N3CCN(C(=O)CCc4ccc(C(F)(F)F)cc4)CC3C)nc2c(F)c1OC. The summed E-state index contributed by atoms with van der Waals surface area (Å²) in [6.07, 6.45) is -3.89. The van der Waals surface area contributed by atoms with Crippen molar-refractivity contribution in [1.29, 1.82) is 0 Å². The van der Waals surface area contributed by atoms with Crippen LogP contribution in [0.2, 0.25) is 0 Å². The molecular weight excluding hydrogens is 494 g/mol. The van der Waals surface area contributed by atoms with Crippen molar-refractivity contribution in [3.63, 3.8) is 0 Å². The maximum Gasteiger partial charge on any atom is 0.416 e. The van der Waals surface area contributed by atoms with E-state index in [0.717, 1.165) is 12.1 Å². The van der Waals surface area contributed by atoms with E-state index in [1.807, 2.05) is 11.8 Å². The van der Waals surface area contributed by atoms with Crippen molar-refractivity contribution in [3.8, 4) is 11.5 Å². The van der Waals surface area contributed by atoms with Gasteiger partial charge >= 0.3 is 6.18 Å². The van der Waals surface area contributed by atoms with Crippen molar-refractivity contribution < 1.29 is 31.8 Å². The van der Waals surface area contributed by atoms with Gasteiger partial charge in [0.25, 0.3) is 0 Å². The van der Waals surface area contributed by atoms with Gasteiger partial charge in [0.05, 0.1) is 19.8 Å². The lowest BCUT2D eigenvalue weighted by Gasteiger charge is -2.40.